The summed E-state index contributed by atoms with van der Waals surface area (Å²) in [6, 6.07) is 4.12. The molecule has 1 amide bonds. The van der Waals surface area contributed by atoms with Crippen LogP contribution in [0.2, 0.25) is 0 Å². The largest absolute Gasteiger partial charge is 0.467 e. The van der Waals surface area contributed by atoms with Crippen LogP contribution in [0.5, 0.6) is 5.88 Å². The van der Waals surface area contributed by atoms with Crippen molar-refractivity contribution >= 4 is 33.1 Å². The molecule has 1 aromatic carbocycles. The summed E-state index contributed by atoms with van der Waals surface area (Å²) in [4.78, 5) is 23.4. The van der Waals surface area contributed by atoms with Crippen molar-refractivity contribution in [3.05, 3.63) is 45.6 Å². The van der Waals surface area contributed by atoms with Gasteiger partial charge in [-0.15, -0.1) is 11.3 Å². The first-order valence-corrected chi connectivity index (χ1v) is 9.60. The predicted molar refractivity (Wildman–Crippen MR) is 104 cm³/mol. The van der Waals surface area contributed by atoms with E-state index in [1.165, 1.54) is 22.3 Å². The Labute approximate surface area is 156 Å². The Morgan fingerprint density at radius 2 is 1.96 bits per heavy atom. The second-order valence-corrected chi connectivity index (χ2v) is 7.91. The molecule has 0 saturated heterocycles. The lowest BCUT2D eigenvalue weighted by Gasteiger charge is -2.13. The topological polar surface area (TPSA) is 64.1 Å². The fraction of sp³-hybridized carbons (Fsp3) is 0.350. The minimum Gasteiger partial charge on any atom is -0.467 e. The highest BCUT2D eigenvalue weighted by Gasteiger charge is 2.22. The van der Waals surface area contributed by atoms with Crippen molar-refractivity contribution in [3.63, 3.8) is 0 Å². The van der Waals surface area contributed by atoms with Gasteiger partial charge in [0.15, 0.2) is 6.61 Å². The standard InChI is InChI=1S/C20H21N3O2S/c1-11-7-12(2)18(13(3)8-11)23-16(24)9-25-19-17-14-5-4-6-15(14)26-20(17)22-10-21-19/h7-8,10H,4-6,9H2,1-3H3,(H,23,24). The van der Waals surface area contributed by atoms with E-state index in [-0.39, 0.29) is 12.5 Å². The number of aromatic nitrogens is 2. The number of fused-ring (bicyclic) bond motifs is 3. The Balaban J connectivity index is 1.51. The molecule has 0 atom stereocenters. The molecule has 3 aromatic rings. The SMILES string of the molecule is Cc1cc(C)c(NC(=O)COc2ncnc3sc4c(c23)CCC4)c(C)c1. The molecule has 26 heavy (non-hydrogen) atoms. The highest BCUT2D eigenvalue weighted by Crippen LogP contribution is 2.39. The van der Waals surface area contributed by atoms with Crippen LogP contribution < -0.4 is 10.1 Å². The fourth-order valence-corrected chi connectivity index (χ4v) is 4.92. The van der Waals surface area contributed by atoms with Gasteiger partial charge in [0.1, 0.15) is 11.2 Å². The second kappa shape index (κ2) is 6.68. The van der Waals surface area contributed by atoms with E-state index >= 15 is 0 Å². The summed E-state index contributed by atoms with van der Waals surface area (Å²) in [7, 11) is 0. The van der Waals surface area contributed by atoms with Gasteiger partial charge in [0.05, 0.1) is 5.39 Å². The first-order valence-electron chi connectivity index (χ1n) is 8.78. The lowest BCUT2D eigenvalue weighted by atomic mass is 10.1. The molecule has 1 N–H and O–H groups in total. The van der Waals surface area contributed by atoms with E-state index in [1.54, 1.807) is 11.3 Å². The number of hydrogen-bond acceptors (Lipinski definition) is 5. The van der Waals surface area contributed by atoms with Gasteiger partial charge in [-0.25, -0.2) is 9.97 Å². The number of ether oxygens (including phenoxy) is 1. The Morgan fingerprint density at radius 3 is 2.73 bits per heavy atom. The summed E-state index contributed by atoms with van der Waals surface area (Å²) >= 11 is 1.71. The number of aryl methyl sites for hydroxylation is 5. The molecule has 4 rings (SSSR count). The van der Waals surface area contributed by atoms with Gasteiger partial charge in [-0.3, -0.25) is 4.79 Å². The van der Waals surface area contributed by atoms with E-state index in [4.69, 9.17) is 4.74 Å². The van der Waals surface area contributed by atoms with Crippen molar-refractivity contribution in [1.29, 1.82) is 0 Å². The van der Waals surface area contributed by atoms with Crippen molar-refractivity contribution < 1.29 is 9.53 Å². The van der Waals surface area contributed by atoms with Crippen molar-refractivity contribution in [2.45, 2.75) is 40.0 Å². The van der Waals surface area contributed by atoms with E-state index in [0.29, 0.717) is 5.88 Å². The lowest BCUT2D eigenvalue weighted by Crippen LogP contribution is -2.21. The molecule has 134 valence electrons. The zero-order chi connectivity index (χ0) is 18.3. The number of carbonyl (C=O) groups excluding carboxylic acids is 1. The first kappa shape index (κ1) is 17.0. The highest BCUT2D eigenvalue weighted by atomic mass is 32.1. The molecule has 2 aromatic heterocycles. The lowest BCUT2D eigenvalue weighted by molar-refractivity contribution is -0.118. The number of thiophene rings is 1. The van der Waals surface area contributed by atoms with Crippen LogP contribution >= 0.6 is 11.3 Å². The molecule has 5 nitrogen and oxygen atoms in total. The Hall–Kier alpha value is -2.47. The van der Waals surface area contributed by atoms with Crippen LogP contribution in [0.3, 0.4) is 0 Å². The van der Waals surface area contributed by atoms with Gasteiger partial charge in [-0.1, -0.05) is 17.7 Å². The number of hydrogen-bond donors (Lipinski definition) is 1. The molecule has 0 saturated carbocycles. The minimum atomic E-state index is -0.182. The average molecular weight is 367 g/mol. The molecule has 0 radical (unpaired) electrons. The molecular formula is C20H21N3O2S. The average Bonchev–Trinajstić information content (AvgIpc) is 3.17. The van der Waals surface area contributed by atoms with Gasteiger partial charge < -0.3 is 10.1 Å². The van der Waals surface area contributed by atoms with Crippen LogP contribution in [0.4, 0.5) is 5.69 Å². The van der Waals surface area contributed by atoms with E-state index in [0.717, 1.165) is 46.3 Å². The molecule has 0 fully saturated rings. The van der Waals surface area contributed by atoms with Crippen molar-refractivity contribution in [3.8, 4) is 5.88 Å². The van der Waals surface area contributed by atoms with Crippen molar-refractivity contribution in [2.75, 3.05) is 11.9 Å². The van der Waals surface area contributed by atoms with Gasteiger partial charge in [0.2, 0.25) is 5.88 Å². The van der Waals surface area contributed by atoms with Gasteiger partial charge in [0.25, 0.3) is 5.91 Å². The summed E-state index contributed by atoms with van der Waals surface area (Å²) < 4.78 is 5.78. The monoisotopic (exact) mass is 367 g/mol. The number of amides is 1. The van der Waals surface area contributed by atoms with Gasteiger partial charge in [-0.2, -0.15) is 0 Å². The fourth-order valence-electron chi connectivity index (χ4n) is 3.70. The molecular weight excluding hydrogens is 346 g/mol. The molecule has 0 unspecified atom stereocenters. The number of nitrogens with one attached hydrogen (secondary N) is 1. The summed E-state index contributed by atoms with van der Waals surface area (Å²) in [5.74, 6) is 0.334. The summed E-state index contributed by atoms with van der Waals surface area (Å²) in [6.07, 6.45) is 4.81. The second-order valence-electron chi connectivity index (χ2n) is 6.83. The van der Waals surface area contributed by atoms with Crippen LogP contribution in [0.1, 0.15) is 33.6 Å². The quantitative estimate of drug-likeness (QED) is 0.753. The molecule has 0 bridgehead atoms. The number of carbonyl (C=O) groups is 1. The van der Waals surface area contributed by atoms with E-state index < -0.39 is 0 Å². The van der Waals surface area contributed by atoms with Gasteiger partial charge >= 0.3 is 0 Å². The molecule has 2 heterocycles. The Morgan fingerprint density at radius 1 is 1.19 bits per heavy atom. The maximum absolute atomic E-state index is 12.4. The van der Waals surface area contributed by atoms with Crippen molar-refractivity contribution in [2.24, 2.45) is 0 Å². The van der Waals surface area contributed by atoms with E-state index in [2.05, 4.69) is 27.4 Å². The zero-order valence-corrected chi connectivity index (χ0v) is 16.0. The first-order chi connectivity index (χ1) is 12.5. The summed E-state index contributed by atoms with van der Waals surface area (Å²) in [6.45, 7) is 5.98. The molecule has 1 aliphatic rings. The highest BCUT2D eigenvalue weighted by molar-refractivity contribution is 7.18. The van der Waals surface area contributed by atoms with Crippen molar-refractivity contribution in [1.82, 2.24) is 9.97 Å². The summed E-state index contributed by atoms with van der Waals surface area (Å²) in [5.41, 5.74) is 5.44. The van der Waals surface area contributed by atoms with Crippen LogP contribution in [0, 0.1) is 20.8 Å². The van der Waals surface area contributed by atoms with E-state index in [9.17, 15) is 4.79 Å². The van der Waals surface area contributed by atoms with Crippen LogP contribution in [0.15, 0.2) is 18.5 Å². The van der Waals surface area contributed by atoms with Crippen LogP contribution in [0.25, 0.3) is 10.2 Å². The van der Waals surface area contributed by atoms with Gasteiger partial charge in [-0.05, 0) is 56.7 Å². The van der Waals surface area contributed by atoms with E-state index in [1.807, 2.05) is 20.8 Å². The molecule has 1 aliphatic carbocycles. The normalized spacial score (nSPS) is 13.0. The zero-order valence-electron chi connectivity index (χ0n) is 15.2. The third-order valence-electron chi connectivity index (χ3n) is 4.75. The predicted octanol–water partition coefficient (Wildman–Crippen LogP) is 4.12. The third kappa shape index (κ3) is 3.05. The van der Waals surface area contributed by atoms with Gasteiger partial charge in [0, 0.05) is 10.6 Å². The molecule has 0 spiro atoms. The smallest absolute Gasteiger partial charge is 0.262 e. The van der Waals surface area contributed by atoms with Crippen LogP contribution in [-0.4, -0.2) is 22.5 Å². The number of anilines is 1. The number of benzene rings is 1. The number of nitrogens with zero attached hydrogens (tertiary/aromatic N) is 2. The minimum absolute atomic E-state index is 0.0660. The molecule has 6 heteroatoms. The van der Waals surface area contributed by atoms with Crippen LogP contribution in [-0.2, 0) is 17.6 Å². The maximum Gasteiger partial charge on any atom is 0.262 e. The third-order valence-corrected chi connectivity index (χ3v) is 5.95. The Kier molecular flexibility index (Phi) is 4.36. The summed E-state index contributed by atoms with van der Waals surface area (Å²) in [5, 5.41) is 3.95. The Bertz CT molecular complexity index is 987. The molecule has 0 aliphatic heterocycles. The maximum atomic E-state index is 12.4. The number of rotatable bonds is 4.